The van der Waals surface area contributed by atoms with Crippen LogP contribution in [0.25, 0.3) is 0 Å². The van der Waals surface area contributed by atoms with Gasteiger partial charge in [0.25, 0.3) is 0 Å². The molecule has 0 radical (unpaired) electrons. The molecule has 0 saturated heterocycles. The van der Waals surface area contributed by atoms with E-state index in [1.165, 1.54) is 0 Å². The molecule has 1 heterocycles. The first kappa shape index (κ1) is 14.1. The minimum absolute atomic E-state index is 0.0894. The van der Waals surface area contributed by atoms with E-state index in [-0.39, 0.29) is 5.28 Å². The van der Waals surface area contributed by atoms with Crippen LogP contribution in [0.1, 0.15) is 6.92 Å². The Labute approximate surface area is 125 Å². The number of nitrogens with zero attached hydrogens (tertiary/aromatic N) is 3. The van der Waals surface area contributed by atoms with Crippen molar-refractivity contribution >= 4 is 52.4 Å². The second-order valence-electron chi connectivity index (χ2n) is 3.51. The lowest BCUT2D eigenvalue weighted by Gasteiger charge is -2.09. The molecule has 0 bridgehead atoms. The first-order chi connectivity index (χ1) is 9.10. The van der Waals surface area contributed by atoms with Crippen LogP contribution in [0.5, 0.6) is 0 Å². The second kappa shape index (κ2) is 6.23. The summed E-state index contributed by atoms with van der Waals surface area (Å²) in [6.07, 6.45) is 0. The Bertz CT molecular complexity index is 591. The van der Waals surface area contributed by atoms with Crippen LogP contribution in [-0.4, -0.2) is 21.5 Å². The van der Waals surface area contributed by atoms with Crippen LogP contribution >= 0.6 is 34.8 Å². The number of benzene rings is 1. The molecule has 0 aliphatic carbocycles. The van der Waals surface area contributed by atoms with Crippen molar-refractivity contribution in [2.75, 3.05) is 17.2 Å². The molecular weight excluding hydrogens is 309 g/mol. The fourth-order valence-corrected chi connectivity index (χ4v) is 1.87. The van der Waals surface area contributed by atoms with E-state index in [9.17, 15) is 0 Å². The van der Waals surface area contributed by atoms with Crippen molar-refractivity contribution in [1.29, 1.82) is 0 Å². The van der Waals surface area contributed by atoms with Gasteiger partial charge in [0.15, 0.2) is 0 Å². The third-order valence-electron chi connectivity index (χ3n) is 2.14. The van der Waals surface area contributed by atoms with E-state index >= 15 is 0 Å². The van der Waals surface area contributed by atoms with Crippen LogP contribution < -0.4 is 10.6 Å². The molecule has 1 aromatic heterocycles. The number of hydrogen-bond acceptors (Lipinski definition) is 5. The predicted octanol–water partition coefficient (Wildman–Crippen LogP) is 4.01. The molecule has 0 saturated carbocycles. The molecule has 2 aromatic rings. The van der Waals surface area contributed by atoms with Gasteiger partial charge in [-0.15, -0.1) is 0 Å². The average Bonchev–Trinajstić information content (AvgIpc) is 2.35. The maximum Gasteiger partial charge on any atom is 0.233 e. The van der Waals surface area contributed by atoms with E-state index in [0.717, 1.165) is 0 Å². The fourth-order valence-electron chi connectivity index (χ4n) is 1.36. The van der Waals surface area contributed by atoms with Crippen LogP contribution in [-0.2, 0) is 0 Å². The molecule has 0 fully saturated rings. The molecular formula is C11H10Cl3N5. The van der Waals surface area contributed by atoms with E-state index in [0.29, 0.717) is 34.2 Å². The smallest absolute Gasteiger partial charge is 0.233 e. The van der Waals surface area contributed by atoms with Gasteiger partial charge in [0.2, 0.25) is 17.2 Å². The highest BCUT2D eigenvalue weighted by Crippen LogP contribution is 2.31. The molecule has 0 spiro atoms. The molecule has 2 rings (SSSR count). The summed E-state index contributed by atoms with van der Waals surface area (Å²) in [6, 6.07) is 5.23. The van der Waals surface area contributed by atoms with Crippen LogP contribution in [0.2, 0.25) is 15.3 Å². The molecule has 19 heavy (non-hydrogen) atoms. The van der Waals surface area contributed by atoms with Gasteiger partial charge in [-0.05, 0) is 30.7 Å². The third-order valence-corrected chi connectivity index (χ3v) is 3.13. The van der Waals surface area contributed by atoms with E-state index in [2.05, 4.69) is 25.6 Å². The maximum absolute atomic E-state index is 6.07. The maximum atomic E-state index is 6.07. The third kappa shape index (κ3) is 3.59. The molecule has 1 aromatic carbocycles. The Morgan fingerprint density at radius 2 is 1.79 bits per heavy atom. The van der Waals surface area contributed by atoms with Gasteiger partial charge in [-0.3, -0.25) is 0 Å². The monoisotopic (exact) mass is 317 g/mol. The molecule has 100 valence electrons. The van der Waals surface area contributed by atoms with Crippen molar-refractivity contribution in [3.05, 3.63) is 33.5 Å². The van der Waals surface area contributed by atoms with Gasteiger partial charge in [-0.2, -0.15) is 15.0 Å². The lowest BCUT2D eigenvalue weighted by atomic mass is 10.3. The normalized spacial score (nSPS) is 10.3. The van der Waals surface area contributed by atoms with E-state index < -0.39 is 0 Å². The molecule has 0 aliphatic heterocycles. The Morgan fingerprint density at radius 1 is 1.05 bits per heavy atom. The summed E-state index contributed by atoms with van der Waals surface area (Å²) in [5.74, 6) is 0.684. The van der Waals surface area contributed by atoms with Crippen LogP contribution in [0, 0.1) is 0 Å². The summed E-state index contributed by atoms with van der Waals surface area (Å²) in [5.41, 5.74) is 0.596. The Balaban J connectivity index is 2.30. The van der Waals surface area contributed by atoms with Gasteiger partial charge in [-0.1, -0.05) is 29.3 Å². The largest absolute Gasteiger partial charge is 0.354 e. The zero-order chi connectivity index (χ0) is 13.8. The summed E-state index contributed by atoms with van der Waals surface area (Å²) < 4.78 is 0. The summed E-state index contributed by atoms with van der Waals surface area (Å²) in [4.78, 5) is 12.1. The summed E-state index contributed by atoms with van der Waals surface area (Å²) in [6.45, 7) is 2.61. The summed E-state index contributed by atoms with van der Waals surface area (Å²) >= 11 is 17.8. The van der Waals surface area contributed by atoms with Gasteiger partial charge in [0.1, 0.15) is 0 Å². The molecule has 0 atom stereocenters. The van der Waals surface area contributed by atoms with Crippen molar-refractivity contribution in [3.63, 3.8) is 0 Å². The van der Waals surface area contributed by atoms with Crippen LogP contribution in [0.3, 0.4) is 0 Å². The Morgan fingerprint density at radius 3 is 2.53 bits per heavy atom. The number of nitrogens with one attached hydrogen (secondary N) is 2. The highest BCUT2D eigenvalue weighted by Gasteiger charge is 2.08. The number of hydrogen-bond donors (Lipinski definition) is 2. The lowest BCUT2D eigenvalue weighted by Crippen LogP contribution is -2.06. The van der Waals surface area contributed by atoms with Crippen molar-refractivity contribution < 1.29 is 0 Å². The lowest BCUT2D eigenvalue weighted by molar-refractivity contribution is 1.02. The van der Waals surface area contributed by atoms with Gasteiger partial charge < -0.3 is 10.6 Å². The van der Waals surface area contributed by atoms with Gasteiger partial charge >= 0.3 is 0 Å². The van der Waals surface area contributed by atoms with Crippen molar-refractivity contribution in [1.82, 2.24) is 15.0 Å². The van der Waals surface area contributed by atoms with Crippen molar-refractivity contribution in [2.45, 2.75) is 6.92 Å². The molecule has 8 heteroatoms. The zero-order valence-corrected chi connectivity index (χ0v) is 12.2. The number of rotatable bonds is 4. The topological polar surface area (TPSA) is 62.7 Å². The quantitative estimate of drug-likeness (QED) is 0.892. The molecule has 0 amide bonds. The van der Waals surface area contributed by atoms with Crippen molar-refractivity contribution in [2.24, 2.45) is 0 Å². The first-order valence-corrected chi connectivity index (χ1v) is 6.60. The first-order valence-electron chi connectivity index (χ1n) is 5.46. The molecule has 0 unspecified atom stereocenters. The van der Waals surface area contributed by atoms with Crippen LogP contribution in [0.4, 0.5) is 17.6 Å². The minimum Gasteiger partial charge on any atom is -0.354 e. The van der Waals surface area contributed by atoms with Gasteiger partial charge in [0.05, 0.1) is 15.7 Å². The predicted molar refractivity (Wildman–Crippen MR) is 78.7 cm³/mol. The SMILES string of the molecule is CCNc1nc(Cl)nc(Nc2cccc(Cl)c2Cl)n1. The summed E-state index contributed by atoms with van der Waals surface area (Å²) in [5, 5.41) is 6.83. The molecule has 2 N–H and O–H groups in total. The average molecular weight is 319 g/mol. The number of halogens is 3. The highest BCUT2D eigenvalue weighted by molar-refractivity contribution is 6.43. The van der Waals surface area contributed by atoms with Crippen molar-refractivity contribution in [3.8, 4) is 0 Å². The minimum atomic E-state index is 0.0894. The van der Waals surface area contributed by atoms with Gasteiger partial charge in [0, 0.05) is 6.54 Å². The standard InChI is InChI=1S/C11H10Cl3N5/c1-2-15-10-17-9(14)18-11(19-10)16-7-5-3-4-6(12)8(7)13/h3-5H,2H2,1H3,(H2,15,16,17,18,19). The fraction of sp³-hybridized carbons (Fsp3) is 0.182. The van der Waals surface area contributed by atoms with Gasteiger partial charge in [-0.25, -0.2) is 0 Å². The van der Waals surface area contributed by atoms with Crippen LogP contribution in [0.15, 0.2) is 18.2 Å². The number of aromatic nitrogens is 3. The molecule has 0 aliphatic rings. The summed E-state index contributed by atoms with van der Waals surface area (Å²) in [7, 11) is 0. The zero-order valence-electron chi connectivity index (χ0n) is 9.91. The molecule has 5 nitrogen and oxygen atoms in total. The second-order valence-corrected chi connectivity index (χ2v) is 4.63. The van der Waals surface area contributed by atoms with E-state index in [1.807, 2.05) is 6.92 Å². The number of anilines is 3. The highest BCUT2D eigenvalue weighted by atomic mass is 35.5. The van der Waals surface area contributed by atoms with E-state index in [4.69, 9.17) is 34.8 Å². The Hall–Kier alpha value is -1.30. The Kier molecular flexibility index (Phi) is 4.63. The van der Waals surface area contributed by atoms with E-state index in [1.54, 1.807) is 18.2 Å².